The molecule has 0 saturated carbocycles. The summed E-state index contributed by atoms with van der Waals surface area (Å²) in [5.74, 6) is 0.227. The van der Waals surface area contributed by atoms with Crippen LogP contribution < -0.4 is 29.3 Å². The second-order valence-electron chi connectivity index (χ2n) is 20.3. The Morgan fingerprint density at radius 1 is 0.930 bits per heavy atom. The third-order valence-electron chi connectivity index (χ3n) is 13.9. The minimum atomic E-state index is -1.24. The van der Waals surface area contributed by atoms with Crippen LogP contribution >= 0.6 is 0 Å². The number of pyridine rings is 1. The lowest BCUT2D eigenvalue weighted by molar-refractivity contribution is -0.137. The SMILES string of the molecule is COc1ccc(CN(Cc2ccc(OC)cc2)c2ccc(CCCCC(=O)O)c(-c3ncc4c(N5CCCC(O)(CCNC(=O)OC(C)(C)C)C5)nc(OC[C@@]56CCCN5C[C@H](F)C6)nc4c3F)c2)cc1. The number of carbonyl (C=O) groups excluding carboxylic acids is 1. The number of carboxylic acids is 1. The van der Waals surface area contributed by atoms with Crippen LogP contribution in [0.1, 0.15) is 95.2 Å². The van der Waals surface area contributed by atoms with Crippen molar-refractivity contribution in [1.82, 2.24) is 25.2 Å². The standard InChI is InChI=1S/C54H67F2N7O8/c1-52(2,3)71-51(66)57-25-24-54(67)23-9-26-61(34-54)49-44-30-58-47(46(56)48(44)59-50(60-49)70-35-53-22-8-27-63(53)33-39(55)29-53)43-28-40(17-16-38(43)10-6-7-11-45(64)65)62(31-36-12-18-41(68-4)19-13-36)32-37-14-20-42(69-5)21-15-37/h12-21,28,30,39,67H,6-11,22-27,29,31-35H2,1-5H3,(H,57,66)(H,64,65)/t39-,53+,54?/m1/s1. The summed E-state index contributed by atoms with van der Waals surface area (Å²) in [6, 6.07) is 21.5. The minimum absolute atomic E-state index is 0.00683. The first-order valence-corrected chi connectivity index (χ1v) is 24.7. The number of carboxylic acid groups (broad SMARTS) is 1. The van der Waals surface area contributed by atoms with Gasteiger partial charge in [-0.05, 0) is 132 Å². The average molecular weight is 980 g/mol. The van der Waals surface area contributed by atoms with Crippen LogP contribution in [0.25, 0.3) is 22.2 Å². The number of anilines is 2. The van der Waals surface area contributed by atoms with Gasteiger partial charge in [-0.3, -0.25) is 14.7 Å². The number of alkyl carbamates (subject to hydrolysis) is 1. The fourth-order valence-corrected chi connectivity index (χ4v) is 10.3. The number of nitrogens with one attached hydrogen (secondary N) is 1. The Hall–Kier alpha value is -6.33. The van der Waals surface area contributed by atoms with Crippen LogP contribution in [0.15, 0.2) is 72.9 Å². The molecule has 3 aliphatic rings. The van der Waals surface area contributed by atoms with E-state index in [0.717, 1.165) is 53.3 Å². The van der Waals surface area contributed by atoms with Gasteiger partial charge >= 0.3 is 18.1 Å². The molecule has 5 aromatic rings. The molecular formula is C54H67F2N7O8. The minimum Gasteiger partial charge on any atom is -0.497 e. The Labute approximate surface area is 414 Å². The van der Waals surface area contributed by atoms with E-state index in [4.69, 9.17) is 33.9 Å². The first kappa shape index (κ1) is 51.0. The summed E-state index contributed by atoms with van der Waals surface area (Å²) < 4.78 is 55.5. The maximum Gasteiger partial charge on any atom is 0.407 e. The molecule has 15 nitrogen and oxygen atoms in total. The van der Waals surface area contributed by atoms with Gasteiger partial charge in [0.1, 0.15) is 46.9 Å². The van der Waals surface area contributed by atoms with E-state index >= 15 is 4.39 Å². The number of alkyl halides is 1. The van der Waals surface area contributed by atoms with Gasteiger partial charge in [0.25, 0.3) is 0 Å². The number of hydrogen-bond donors (Lipinski definition) is 3. The van der Waals surface area contributed by atoms with Gasteiger partial charge in [-0.15, -0.1) is 0 Å². The predicted molar refractivity (Wildman–Crippen MR) is 268 cm³/mol. The van der Waals surface area contributed by atoms with E-state index in [9.17, 15) is 24.2 Å². The number of aromatic nitrogens is 3. The van der Waals surface area contributed by atoms with E-state index in [1.54, 1.807) is 41.2 Å². The molecule has 3 saturated heterocycles. The zero-order valence-electron chi connectivity index (χ0n) is 41.5. The highest BCUT2D eigenvalue weighted by molar-refractivity contribution is 5.92. The Balaban J connectivity index is 1.19. The van der Waals surface area contributed by atoms with Crippen molar-refractivity contribution in [1.29, 1.82) is 0 Å². The molecule has 1 amide bonds. The number of piperidine rings is 1. The smallest absolute Gasteiger partial charge is 0.407 e. The summed E-state index contributed by atoms with van der Waals surface area (Å²) in [7, 11) is 3.25. The number of amides is 1. The summed E-state index contributed by atoms with van der Waals surface area (Å²) in [5.41, 5.74) is 1.75. The summed E-state index contributed by atoms with van der Waals surface area (Å²) in [6.45, 7) is 8.35. The molecule has 5 heterocycles. The number of methoxy groups -OCH3 is 2. The van der Waals surface area contributed by atoms with Crippen LogP contribution in [-0.2, 0) is 29.0 Å². The number of aliphatic hydroxyl groups is 1. The van der Waals surface area contributed by atoms with E-state index in [-0.39, 0.29) is 49.8 Å². The van der Waals surface area contributed by atoms with Crippen molar-refractivity contribution in [2.75, 3.05) is 63.4 Å². The quantitative estimate of drug-likeness (QED) is 0.0631. The summed E-state index contributed by atoms with van der Waals surface area (Å²) in [5, 5.41) is 24.5. The van der Waals surface area contributed by atoms with Gasteiger partial charge in [-0.1, -0.05) is 30.3 Å². The van der Waals surface area contributed by atoms with Gasteiger partial charge in [0.2, 0.25) is 0 Å². The van der Waals surface area contributed by atoms with Crippen LogP contribution in [0.2, 0.25) is 0 Å². The van der Waals surface area contributed by atoms with Crippen LogP contribution in [0.4, 0.5) is 25.1 Å². The van der Waals surface area contributed by atoms with E-state index in [0.29, 0.717) is 81.5 Å². The zero-order valence-corrected chi connectivity index (χ0v) is 41.5. The van der Waals surface area contributed by atoms with Crippen molar-refractivity contribution < 1.29 is 47.5 Å². The largest absolute Gasteiger partial charge is 0.497 e. The molecule has 3 N–H and O–H groups in total. The van der Waals surface area contributed by atoms with Gasteiger partial charge in [0.05, 0.1) is 30.7 Å². The van der Waals surface area contributed by atoms with E-state index in [2.05, 4.69) is 15.1 Å². The number of rotatable bonds is 20. The molecule has 71 heavy (non-hydrogen) atoms. The van der Waals surface area contributed by atoms with Crippen molar-refractivity contribution in [3.05, 3.63) is 95.4 Å². The van der Waals surface area contributed by atoms with Crippen LogP contribution in [0.3, 0.4) is 0 Å². The number of nitrogens with zero attached hydrogens (tertiary/aromatic N) is 6. The van der Waals surface area contributed by atoms with Gasteiger partial charge in [0, 0.05) is 69.6 Å². The number of ether oxygens (including phenoxy) is 4. The highest BCUT2D eigenvalue weighted by Crippen LogP contribution is 2.42. The number of aliphatic carboxylic acids is 1. The van der Waals surface area contributed by atoms with E-state index < -0.39 is 40.8 Å². The molecule has 3 aliphatic heterocycles. The second-order valence-corrected chi connectivity index (χ2v) is 20.3. The number of halogens is 2. The Kier molecular flexibility index (Phi) is 15.8. The number of carbonyl (C=O) groups is 2. The van der Waals surface area contributed by atoms with Crippen molar-refractivity contribution in [2.24, 2.45) is 0 Å². The third-order valence-corrected chi connectivity index (χ3v) is 13.9. The molecular weight excluding hydrogens is 913 g/mol. The summed E-state index contributed by atoms with van der Waals surface area (Å²) in [4.78, 5) is 44.7. The van der Waals surface area contributed by atoms with E-state index in [1.165, 1.54) is 0 Å². The lowest BCUT2D eigenvalue weighted by atomic mass is 9.89. The normalized spacial score (nSPS) is 20.2. The lowest BCUT2D eigenvalue weighted by Crippen LogP contribution is -2.50. The molecule has 0 aliphatic carbocycles. The molecule has 2 aromatic heterocycles. The molecule has 3 fully saturated rings. The monoisotopic (exact) mass is 980 g/mol. The number of β-amino-alcohol motifs (C(OH)–C–C–N with tert-alkyl or cyclic N) is 1. The van der Waals surface area contributed by atoms with E-state index in [1.807, 2.05) is 71.6 Å². The Morgan fingerprint density at radius 2 is 1.62 bits per heavy atom. The predicted octanol–water partition coefficient (Wildman–Crippen LogP) is 9.05. The first-order valence-electron chi connectivity index (χ1n) is 24.7. The average Bonchev–Trinajstić information content (AvgIpc) is 3.87. The number of aryl methyl sites for hydroxylation is 1. The van der Waals surface area contributed by atoms with Crippen molar-refractivity contribution >= 4 is 34.5 Å². The molecule has 0 spiro atoms. The van der Waals surface area contributed by atoms with Gasteiger partial charge < -0.3 is 44.3 Å². The maximum absolute atomic E-state index is 17.9. The van der Waals surface area contributed by atoms with Crippen molar-refractivity contribution in [3.63, 3.8) is 0 Å². The van der Waals surface area contributed by atoms with Gasteiger partial charge in [-0.25, -0.2) is 13.6 Å². The molecule has 380 valence electrons. The highest BCUT2D eigenvalue weighted by Gasteiger charge is 2.49. The maximum atomic E-state index is 17.9. The van der Waals surface area contributed by atoms with Crippen molar-refractivity contribution in [2.45, 2.75) is 121 Å². The molecule has 0 radical (unpaired) electrons. The number of unbranched alkanes of at least 4 members (excludes halogenated alkanes) is 1. The van der Waals surface area contributed by atoms with Gasteiger partial charge in [0.15, 0.2) is 5.82 Å². The van der Waals surface area contributed by atoms with Crippen LogP contribution in [0, 0.1) is 5.82 Å². The van der Waals surface area contributed by atoms with Gasteiger partial charge in [-0.2, -0.15) is 9.97 Å². The fraction of sp³-hybridized carbons (Fsp3) is 0.500. The Bertz CT molecular complexity index is 2600. The second kappa shape index (κ2) is 22.0. The Morgan fingerprint density at radius 3 is 2.28 bits per heavy atom. The molecule has 3 atom stereocenters. The fourth-order valence-electron chi connectivity index (χ4n) is 10.3. The van der Waals surface area contributed by atoms with Crippen molar-refractivity contribution in [3.8, 4) is 28.8 Å². The molecule has 0 bridgehead atoms. The zero-order chi connectivity index (χ0) is 50.3. The molecule has 1 unspecified atom stereocenters. The number of fused-ring (bicyclic) bond motifs is 2. The number of hydrogen-bond acceptors (Lipinski definition) is 13. The molecule has 3 aromatic carbocycles. The first-order chi connectivity index (χ1) is 34.0. The highest BCUT2D eigenvalue weighted by atomic mass is 19.1. The van der Waals surface area contributed by atoms with Crippen LogP contribution in [0.5, 0.6) is 17.5 Å². The molecule has 8 rings (SSSR count). The number of benzene rings is 3. The lowest BCUT2D eigenvalue weighted by Gasteiger charge is -2.40. The topological polar surface area (TPSA) is 172 Å². The summed E-state index contributed by atoms with van der Waals surface area (Å²) >= 11 is 0. The van der Waals surface area contributed by atoms with Crippen LogP contribution in [-0.4, -0.2) is 119 Å². The molecule has 17 heteroatoms. The summed E-state index contributed by atoms with van der Waals surface area (Å²) in [6.07, 6.45) is 4.73. The third kappa shape index (κ3) is 12.6.